The summed E-state index contributed by atoms with van der Waals surface area (Å²) >= 11 is 0. The van der Waals surface area contributed by atoms with Crippen LogP contribution in [0.4, 0.5) is 0 Å². The molecule has 3 rings (SSSR count). The van der Waals surface area contributed by atoms with E-state index in [-0.39, 0.29) is 17.2 Å². The topological polar surface area (TPSA) is 92.7 Å². The lowest BCUT2D eigenvalue weighted by Gasteiger charge is -2.43. The number of hydrogen-bond acceptors (Lipinski definition) is 6. The SMILES string of the molecule is COCC12CCN(C(=O)c3cncnc3)CC1CN(S(C)(=O)=O)C2. The van der Waals surface area contributed by atoms with Crippen LogP contribution in [0.5, 0.6) is 0 Å². The number of piperidine rings is 1. The highest BCUT2D eigenvalue weighted by Gasteiger charge is 2.52. The third-order valence-electron chi connectivity index (χ3n) is 5.10. The fourth-order valence-electron chi connectivity index (χ4n) is 3.79. The molecule has 0 N–H and O–H groups in total. The van der Waals surface area contributed by atoms with Crippen molar-refractivity contribution < 1.29 is 17.9 Å². The second kappa shape index (κ2) is 6.38. The van der Waals surface area contributed by atoms with Crippen molar-refractivity contribution >= 4 is 15.9 Å². The van der Waals surface area contributed by atoms with Crippen molar-refractivity contribution in [3.05, 3.63) is 24.3 Å². The summed E-state index contributed by atoms with van der Waals surface area (Å²) in [6.45, 7) is 2.48. The molecule has 132 valence electrons. The zero-order valence-electron chi connectivity index (χ0n) is 13.9. The molecule has 9 heteroatoms. The monoisotopic (exact) mass is 354 g/mol. The molecule has 2 unspecified atom stereocenters. The molecule has 2 aliphatic heterocycles. The van der Waals surface area contributed by atoms with E-state index in [4.69, 9.17) is 4.74 Å². The van der Waals surface area contributed by atoms with E-state index >= 15 is 0 Å². The summed E-state index contributed by atoms with van der Waals surface area (Å²) in [6, 6.07) is 0. The van der Waals surface area contributed by atoms with E-state index in [0.717, 1.165) is 6.42 Å². The van der Waals surface area contributed by atoms with Gasteiger partial charge >= 0.3 is 0 Å². The maximum absolute atomic E-state index is 12.6. The summed E-state index contributed by atoms with van der Waals surface area (Å²) in [6.07, 6.45) is 6.34. The zero-order chi connectivity index (χ0) is 17.4. The Balaban J connectivity index is 1.80. The Morgan fingerprint density at radius 1 is 1.38 bits per heavy atom. The van der Waals surface area contributed by atoms with Gasteiger partial charge in [0.05, 0.1) is 18.4 Å². The van der Waals surface area contributed by atoms with Gasteiger partial charge in [0, 0.05) is 51.1 Å². The Morgan fingerprint density at radius 3 is 2.71 bits per heavy atom. The third kappa shape index (κ3) is 3.15. The Morgan fingerprint density at radius 2 is 2.08 bits per heavy atom. The highest BCUT2D eigenvalue weighted by Crippen LogP contribution is 2.44. The Hall–Kier alpha value is -1.58. The average Bonchev–Trinajstić information content (AvgIpc) is 2.94. The van der Waals surface area contributed by atoms with Crippen molar-refractivity contribution in [2.24, 2.45) is 11.3 Å². The van der Waals surface area contributed by atoms with Crippen LogP contribution in [0.25, 0.3) is 0 Å². The number of likely N-dealkylation sites (tertiary alicyclic amines) is 1. The quantitative estimate of drug-likeness (QED) is 0.746. The van der Waals surface area contributed by atoms with Crippen molar-refractivity contribution in [3.8, 4) is 0 Å². The molecule has 0 saturated carbocycles. The van der Waals surface area contributed by atoms with Gasteiger partial charge < -0.3 is 9.64 Å². The van der Waals surface area contributed by atoms with Crippen LogP contribution in [0.15, 0.2) is 18.7 Å². The van der Waals surface area contributed by atoms with E-state index in [1.807, 2.05) is 0 Å². The lowest BCUT2D eigenvalue weighted by Crippen LogP contribution is -2.50. The molecule has 2 atom stereocenters. The molecule has 1 amide bonds. The van der Waals surface area contributed by atoms with Crippen LogP contribution in [0, 0.1) is 11.3 Å². The van der Waals surface area contributed by atoms with Gasteiger partial charge in [-0.1, -0.05) is 0 Å². The van der Waals surface area contributed by atoms with Crippen molar-refractivity contribution in [2.75, 3.05) is 46.2 Å². The van der Waals surface area contributed by atoms with Crippen LogP contribution in [-0.2, 0) is 14.8 Å². The number of nitrogens with zero attached hydrogens (tertiary/aromatic N) is 4. The Labute approximate surface area is 141 Å². The minimum atomic E-state index is -3.25. The number of methoxy groups -OCH3 is 1. The molecular formula is C15H22N4O4S. The first-order chi connectivity index (χ1) is 11.4. The molecule has 1 aromatic heterocycles. The molecular weight excluding hydrogens is 332 g/mol. The lowest BCUT2D eigenvalue weighted by atomic mass is 9.73. The normalized spacial score (nSPS) is 27.9. The van der Waals surface area contributed by atoms with Gasteiger partial charge in [0.25, 0.3) is 5.91 Å². The summed E-state index contributed by atoms with van der Waals surface area (Å²) in [5, 5.41) is 0. The minimum absolute atomic E-state index is 0.0644. The first-order valence-corrected chi connectivity index (χ1v) is 9.69. The standard InChI is InChI=1S/C15H22N4O4S/c1-23-10-15-3-4-18(14(20)12-5-16-11-17-6-12)7-13(15)8-19(9-15)24(2,21)22/h5-6,11,13H,3-4,7-10H2,1-2H3. The van der Waals surface area contributed by atoms with E-state index in [0.29, 0.717) is 38.3 Å². The van der Waals surface area contributed by atoms with Crippen molar-refractivity contribution in [1.82, 2.24) is 19.2 Å². The molecule has 0 spiro atoms. The molecule has 0 aromatic carbocycles. The average molecular weight is 354 g/mol. The molecule has 2 aliphatic rings. The molecule has 24 heavy (non-hydrogen) atoms. The smallest absolute Gasteiger partial charge is 0.257 e. The van der Waals surface area contributed by atoms with Gasteiger partial charge in [-0.3, -0.25) is 4.79 Å². The van der Waals surface area contributed by atoms with Gasteiger partial charge in [0.2, 0.25) is 10.0 Å². The van der Waals surface area contributed by atoms with Gasteiger partial charge in [-0.05, 0) is 12.3 Å². The molecule has 3 heterocycles. The van der Waals surface area contributed by atoms with Crippen LogP contribution in [0.3, 0.4) is 0 Å². The number of fused-ring (bicyclic) bond motifs is 1. The van der Waals surface area contributed by atoms with Gasteiger partial charge in [-0.25, -0.2) is 22.7 Å². The second-order valence-corrected chi connectivity index (χ2v) is 8.66. The maximum Gasteiger partial charge on any atom is 0.257 e. The number of sulfonamides is 1. The van der Waals surface area contributed by atoms with E-state index in [1.165, 1.54) is 29.3 Å². The maximum atomic E-state index is 12.6. The number of amides is 1. The van der Waals surface area contributed by atoms with Crippen LogP contribution in [-0.4, -0.2) is 79.6 Å². The number of carbonyl (C=O) groups is 1. The van der Waals surface area contributed by atoms with Gasteiger partial charge in [0.15, 0.2) is 0 Å². The lowest BCUT2D eigenvalue weighted by molar-refractivity contribution is 0.00339. The fraction of sp³-hybridized carbons (Fsp3) is 0.667. The fourth-order valence-corrected chi connectivity index (χ4v) is 4.73. The van der Waals surface area contributed by atoms with Gasteiger partial charge in [0.1, 0.15) is 6.33 Å². The van der Waals surface area contributed by atoms with E-state index < -0.39 is 10.0 Å². The molecule has 0 bridgehead atoms. The van der Waals surface area contributed by atoms with Gasteiger partial charge in [-0.15, -0.1) is 0 Å². The molecule has 2 saturated heterocycles. The van der Waals surface area contributed by atoms with Crippen molar-refractivity contribution in [2.45, 2.75) is 6.42 Å². The number of rotatable bonds is 4. The van der Waals surface area contributed by atoms with Gasteiger partial charge in [-0.2, -0.15) is 0 Å². The van der Waals surface area contributed by atoms with E-state index in [2.05, 4.69) is 9.97 Å². The molecule has 2 fully saturated rings. The predicted octanol–water partition coefficient (Wildman–Crippen LogP) is -0.153. The zero-order valence-corrected chi connectivity index (χ0v) is 14.7. The molecule has 1 aromatic rings. The summed E-state index contributed by atoms with van der Waals surface area (Å²) in [7, 11) is -1.62. The van der Waals surface area contributed by atoms with E-state index in [1.54, 1.807) is 12.0 Å². The number of hydrogen-bond donors (Lipinski definition) is 0. The van der Waals surface area contributed by atoms with Crippen LogP contribution in [0.2, 0.25) is 0 Å². The summed E-state index contributed by atoms with van der Waals surface area (Å²) in [4.78, 5) is 22.2. The molecule has 0 radical (unpaired) electrons. The van der Waals surface area contributed by atoms with Crippen molar-refractivity contribution in [1.29, 1.82) is 0 Å². The predicted molar refractivity (Wildman–Crippen MR) is 86.8 cm³/mol. The first-order valence-electron chi connectivity index (χ1n) is 7.84. The molecule has 8 nitrogen and oxygen atoms in total. The summed E-state index contributed by atoms with van der Waals surface area (Å²) in [5.41, 5.74) is 0.233. The largest absolute Gasteiger partial charge is 0.384 e. The number of ether oxygens (including phenoxy) is 1. The highest BCUT2D eigenvalue weighted by atomic mass is 32.2. The Kier molecular flexibility index (Phi) is 4.58. The van der Waals surface area contributed by atoms with Crippen LogP contribution < -0.4 is 0 Å². The number of aromatic nitrogens is 2. The third-order valence-corrected chi connectivity index (χ3v) is 6.31. The summed E-state index contributed by atoms with van der Waals surface area (Å²) < 4.78 is 30.8. The number of carbonyl (C=O) groups excluding carboxylic acids is 1. The molecule has 0 aliphatic carbocycles. The first kappa shape index (κ1) is 17.2. The second-order valence-electron chi connectivity index (χ2n) is 6.68. The van der Waals surface area contributed by atoms with Crippen LogP contribution >= 0.6 is 0 Å². The minimum Gasteiger partial charge on any atom is -0.384 e. The summed E-state index contributed by atoms with van der Waals surface area (Å²) in [5.74, 6) is -0.0473. The Bertz CT molecular complexity index is 711. The van der Waals surface area contributed by atoms with Crippen LogP contribution in [0.1, 0.15) is 16.8 Å². The highest BCUT2D eigenvalue weighted by molar-refractivity contribution is 7.88. The van der Waals surface area contributed by atoms with E-state index in [9.17, 15) is 13.2 Å². The van der Waals surface area contributed by atoms with Crippen molar-refractivity contribution in [3.63, 3.8) is 0 Å².